The number of rotatable bonds is 6. The van der Waals surface area contributed by atoms with Gasteiger partial charge < -0.3 is 23.7 Å². The summed E-state index contributed by atoms with van der Waals surface area (Å²) in [6.07, 6.45) is 5.71. The van der Waals surface area contributed by atoms with Crippen LogP contribution in [0.5, 0.6) is 0 Å². The maximum Gasteiger partial charge on any atom is 0.289 e. The minimum Gasteiger partial charge on any atom is -0.454 e. The van der Waals surface area contributed by atoms with Crippen molar-refractivity contribution in [2.24, 2.45) is 11.8 Å². The van der Waals surface area contributed by atoms with Crippen molar-refractivity contribution in [3.05, 3.63) is 42.4 Å². The van der Waals surface area contributed by atoms with Gasteiger partial charge in [0.2, 0.25) is 0 Å². The highest BCUT2D eigenvalue weighted by atomic mass is 16.5. The van der Waals surface area contributed by atoms with Crippen LogP contribution in [0.1, 0.15) is 30.2 Å². The molecule has 2 fully saturated rings. The number of furan rings is 1. The summed E-state index contributed by atoms with van der Waals surface area (Å²) >= 11 is 0. The molecule has 29 heavy (non-hydrogen) atoms. The Hall–Kier alpha value is -2.16. The lowest BCUT2D eigenvalue weighted by Gasteiger charge is -2.37. The van der Waals surface area contributed by atoms with Crippen LogP contribution in [0, 0.1) is 11.8 Å². The predicted molar refractivity (Wildman–Crippen MR) is 106 cm³/mol. The van der Waals surface area contributed by atoms with Crippen LogP contribution in [0.25, 0.3) is 0 Å². The first-order valence-electron chi connectivity index (χ1n) is 10.3. The monoisotopic (exact) mass is 402 g/mol. The third-order valence-corrected chi connectivity index (χ3v) is 5.86. The lowest BCUT2D eigenvalue weighted by molar-refractivity contribution is -0.0726. The van der Waals surface area contributed by atoms with Gasteiger partial charge in [0, 0.05) is 57.6 Å². The van der Waals surface area contributed by atoms with Crippen LogP contribution in [0.2, 0.25) is 0 Å². The number of nitrogens with zero attached hydrogens (tertiary/aromatic N) is 4. The van der Waals surface area contributed by atoms with E-state index in [1.807, 2.05) is 21.7 Å². The van der Waals surface area contributed by atoms with Gasteiger partial charge in [-0.25, -0.2) is 4.98 Å². The van der Waals surface area contributed by atoms with E-state index < -0.39 is 0 Å². The molecule has 4 heterocycles. The van der Waals surface area contributed by atoms with Crippen molar-refractivity contribution in [2.75, 3.05) is 39.3 Å². The first kappa shape index (κ1) is 20.1. The third-order valence-electron chi connectivity index (χ3n) is 5.86. The molecule has 0 bridgehead atoms. The van der Waals surface area contributed by atoms with Crippen molar-refractivity contribution in [3.63, 3.8) is 0 Å². The molecule has 1 amide bonds. The second kappa shape index (κ2) is 8.69. The molecular formula is C21H30N4O4. The molecule has 2 aliphatic heterocycles. The Morgan fingerprint density at radius 1 is 1.17 bits per heavy atom. The van der Waals surface area contributed by atoms with Crippen molar-refractivity contribution in [3.8, 4) is 0 Å². The third kappa shape index (κ3) is 4.71. The molecule has 8 heteroatoms. The lowest BCUT2D eigenvalue weighted by Crippen LogP contribution is -2.48. The van der Waals surface area contributed by atoms with Crippen molar-refractivity contribution in [2.45, 2.75) is 32.6 Å². The zero-order valence-electron chi connectivity index (χ0n) is 17.1. The number of likely N-dealkylation sites (tertiary alicyclic amines) is 1. The van der Waals surface area contributed by atoms with E-state index >= 15 is 0 Å². The van der Waals surface area contributed by atoms with Crippen LogP contribution in [0.3, 0.4) is 0 Å². The van der Waals surface area contributed by atoms with Gasteiger partial charge in [0.15, 0.2) is 5.76 Å². The number of aromatic nitrogens is 2. The molecule has 4 rings (SSSR count). The fourth-order valence-corrected chi connectivity index (χ4v) is 4.58. The topological polar surface area (TPSA) is 84.0 Å². The number of imidazole rings is 1. The maximum atomic E-state index is 13.0. The second-order valence-electron chi connectivity index (χ2n) is 8.39. The molecule has 1 N–H and O–H groups in total. The fraction of sp³-hybridized carbons (Fsp3) is 0.619. The molecular weight excluding hydrogens is 372 g/mol. The SMILES string of the molecule is C[C@@H]1CN(C[C@H]2CN(C(=O)c3ccc(Cn4ccnc4)o3)C[C@H]2CO)C[C@H](C)O1. The van der Waals surface area contributed by atoms with Gasteiger partial charge in [-0.15, -0.1) is 0 Å². The molecule has 2 aromatic rings. The van der Waals surface area contributed by atoms with Gasteiger partial charge in [0.05, 0.1) is 25.1 Å². The predicted octanol–water partition coefficient (Wildman–Crippen LogP) is 1.31. The Kier molecular flexibility index (Phi) is 6.03. The van der Waals surface area contributed by atoms with Gasteiger partial charge in [0.1, 0.15) is 5.76 Å². The molecule has 0 unspecified atom stereocenters. The summed E-state index contributed by atoms with van der Waals surface area (Å²) in [5.74, 6) is 1.31. The van der Waals surface area contributed by atoms with Gasteiger partial charge in [0.25, 0.3) is 5.91 Å². The number of amides is 1. The highest BCUT2D eigenvalue weighted by molar-refractivity contribution is 5.91. The highest BCUT2D eigenvalue weighted by Gasteiger charge is 2.37. The van der Waals surface area contributed by atoms with Gasteiger partial charge in [-0.05, 0) is 31.9 Å². The molecule has 0 aromatic carbocycles. The molecule has 4 atom stereocenters. The van der Waals surface area contributed by atoms with E-state index in [1.54, 1.807) is 18.6 Å². The molecule has 0 spiro atoms. The van der Waals surface area contributed by atoms with Crippen LogP contribution < -0.4 is 0 Å². The molecule has 0 saturated carbocycles. The Labute approximate surface area is 171 Å². The van der Waals surface area contributed by atoms with E-state index in [0.29, 0.717) is 25.4 Å². The number of aliphatic hydroxyl groups is 1. The van der Waals surface area contributed by atoms with E-state index in [-0.39, 0.29) is 36.6 Å². The minimum absolute atomic E-state index is 0.0905. The second-order valence-corrected chi connectivity index (χ2v) is 8.39. The quantitative estimate of drug-likeness (QED) is 0.785. The molecule has 158 valence electrons. The molecule has 2 saturated heterocycles. The number of aliphatic hydroxyl groups excluding tert-OH is 1. The zero-order valence-corrected chi connectivity index (χ0v) is 17.1. The standard InChI is InChI=1S/C21H30N4O4/c1-15-7-24(8-16(2)28-15)9-17-10-25(11-18(17)13-26)21(27)20-4-3-19(29-20)12-23-6-5-22-14-23/h3-6,14-18,26H,7-13H2,1-2H3/t15-,16+,17-,18-/m0/s1. The van der Waals surface area contributed by atoms with E-state index in [1.165, 1.54) is 0 Å². The van der Waals surface area contributed by atoms with Gasteiger partial charge in [-0.2, -0.15) is 0 Å². The normalized spacial score (nSPS) is 28.2. The number of hydrogen-bond acceptors (Lipinski definition) is 6. The number of carbonyl (C=O) groups excluding carboxylic acids is 1. The van der Waals surface area contributed by atoms with Gasteiger partial charge >= 0.3 is 0 Å². The lowest BCUT2D eigenvalue weighted by atomic mass is 9.96. The number of ether oxygens (including phenoxy) is 1. The van der Waals surface area contributed by atoms with Gasteiger partial charge in [-0.1, -0.05) is 0 Å². The van der Waals surface area contributed by atoms with E-state index in [2.05, 4.69) is 23.7 Å². The maximum absolute atomic E-state index is 13.0. The summed E-state index contributed by atoms with van der Waals surface area (Å²) in [5.41, 5.74) is 0. The van der Waals surface area contributed by atoms with Crippen LogP contribution in [-0.2, 0) is 11.3 Å². The molecule has 2 aliphatic rings. The summed E-state index contributed by atoms with van der Waals surface area (Å²) in [4.78, 5) is 21.2. The molecule has 2 aromatic heterocycles. The summed E-state index contributed by atoms with van der Waals surface area (Å²) in [6.45, 7) is 8.68. The van der Waals surface area contributed by atoms with E-state index in [4.69, 9.17) is 9.15 Å². The van der Waals surface area contributed by atoms with Crippen molar-refractivity contribution in [1.29, 1.82) is 0 Å². The van der Waals surface area contributed by atoms with Crippen molar-refractivity contribution < 1.29 is 19.1 Å². The summed E-state index contributed by atoms with van der Waals surface area (Å²) < 4.78 is 13.5. The van der Waals surface area contributed by atoms with Crippen LogP contribution >= 0.6 is 0 Å². The Morgan fingerprint density at radius 3 is 2.62 bits per heavy atom. The number of morpholine rings is 1. The average Bonchev–Trinajstić information content (AvgIpc) is 3.42. The largest absolute Gasteiger partial charge is 0.454 e. The Balaban J connectivity index is 1.37. The van der Waals surface area contributed by atoms with Crippen LogP contribution in [0.15, 0.2) is 35.3 Å². The Morgan fingerprint density at radius 2 is 1.93 bits per heavy atom. The molecule has 8 nitrogen and oxygen atoms in total. The first-order valence-corrected chi connectivity index (χ1v) is 10.3. The smallest absolute Gasteiger partial charge is 0.289 e. The Bertz CT molecular complexity index is 795. The number of hydrogen-bond donors (Lipinski definition) is 1. The minimum atomic E-state index is -0.105. The van der Waals surface area contributed by atoms with Crippen LogP contribution in [0.4, 0.5) is 0 Å². The first-order chi connectivity index (χ1) is 14.0. The van der Waals surface area contributed by atoms with E-state index in [9.17, 15) is 9.90 Å². The molecule has 0 radical (unpaired) electrons. The highest BCUT2D eigenvalue weighted by Crippen LogP contribution is 2.27. The average molecular weight is 402 g/mol. The van der Waals surface area contributed by atoms with Crippen LogP contribution in [-0.4, -0.2) is 81.9 Å². The van der Waals surface area contributed by atoms with Crippen molar-refractivity contribution in [1.82, 2.24) is 19.4 Å². The number of carbonyl (C=O) groups is 1. The van der Waals surface area contributed by atoms with Crippen molar-refractivity contribution >= 4 is 5.91 Å². The fourth-order valence-electron chi connectivity index (χ4n) is 4.58. The summed E-state index contributed by atoms with van der Waals surface area (Å²) in [6, 6.07) is 3.57. The molecule has 0 aliphatic carbocycles. The van der Waals surface area contributed by atoms with E-state index in [0.717, 1.165) is 25.4 Å². The summed E-state index contributed by atoms with van der Waals surface area (Å²) in [7, 11) is 0. The van der Waals surface area contributed by atoms with Gasteiger partial charge in [-0.3, -0.25) is 9.69 Å². The summed E-state index contributed by atoms with van der Waals surface area (Å²) in [5, 5.41) is 9.87. The zero-order chi connectivity index (χ0) is 20.4.